The van der Waals surface area contributed by atoms with E-state index in [2.05, 4.69) is 13.2 Å². The monoisotopic (exact) mass is 290 g/mol. The predicted molar refractivity (Wildman–Crippen MR) is 85.9 cm³/mol. The molecule has 0 rings (SSSR count). The van der Waals surface area contributed by atoms with E-state index in [1.165, 1.54) is 0 Å². The highest BCUT2D eigenvalue weighted by Crippen LogP contribution is 2.03. The zero-order chi connectivity index (χ0) is 13.3. The molecule has 0 amide bonds. The molecule has 18 heavy (non-hydrogen) atoms. The number of ether oxygens (including phenoxy) is 2. The van der Waals surface area contributed by atoms with Gasteiger partial charge in [-0.05, 0) is 24.3 Å². The Kier molecular flexibility index (Phi) is 17.2. The molecule has 0 unspecified atom stereocenters. The average Bonchev–Trinajstić information content (AvgIpc) is 2.39. The SMILES string of the molecule is C=CCCSCCOCCOCCSCCC=C. The van der Waals surface area contributed by atoms with Gasteiger partial charge in [-0.3, -0.25) is 0 Å². The summed E-state index contributed by atoms with van der Waals surface area (Å²) in [5.74, 6) is 4.41. The summed E-state index contributed by atoms with van der Waals surface area (Å²) in [6.45, 7) is 10.4. The molecule has 0 radical (unpaired) electrons. The van der Waals surface area contributed by atoms with Crippen LogP contribution in [0.3, 0.4) is 0 Å². The molecule has 0 fully saturated rings. The molecule has 2 nitrogen and oxygen atoms in total. The molecule has 0 spiro atoms. The van der Waals surface area contributed by atoms with Gasteiger partial charge in [0.25, 0.3) is 0 Å². The van der Waals surface area contributed by atoms with Gasteiger partial charge in [0.1, 0.15) is 0 Å². The van der Waals surface area contributed by atoms with Gasteiger partial charge >= 0.3 is 0 Å². The van der Waals surface area contributed by atoms with Crippen LogP contribution >= 0.6 is 23.5 Å². The molecule has 0 atom stereocenters. The highest BCUT2D eigenvalue weighted by atomic mass is 32.2. The second-order valence-corrected chi connectivity index (χ2v) is 6.05. The van der Waals surface area contributed by atoms with Crippen LogP contribution in [0.1, 0.15) is 12.8 Å². The zero-order valence-corrected chi connectivity index (χ0v) is 12.9. The lowest BCUT2D eigenvalue weighted by molar-refractivity contribution is 0.0605. The summed E-state index contributed by atoms with van der Waals surface area (Å²) in [6.07, 6.45) is 6.07. The van der Waals surface area contributed by atoms with Crippen molar-refractivity contribution in [2.75, 3.05) is 49.4 Å². The topological polar surface area (TPSA) is 18.5 Å². The molecule has 0 aromatic heterocycles. The van der Waals surface area contributed by atoms with Crippen LogP contribution in [0.2, 0.25) is 0 Å². The second-order valence-electron chi connectivity index (χ2n) is 3.60. The van der Waals surface area contributed by atoms with E-state index in [4.69, 9.17) is 9.47 Å². The molecule has 0 aromatic rings. The van der Waals surface area contributed by atoms with Crippen LogP contribution in [-0.2, 0) is 9.47 Å². The maximum Gasteiger partial charge on any atom is 0.0700 e. The van der Waals surface area contributed by atoms with E-state index in [1.807, 2.05) is 35.7 Å². The first-order chi connectivity index (χ1) is 8.91. The lowest BCUT2D eigenvalue weighted by atomic mass is 10.5. The fourth-order valence-corrected chi connectivity index (χ4v) is 2.64. The van der Waals surface area contributed by atoms with E-state index < -0.39 is 0 Å². The molecule has 4 heteroatoms. The highest BCUT2D eigenvalue weighted by Gasteiger charge is 1.92. The van der Waals surface area contributed by atoms with Crippen molar-refractivity contribution in [3.05, 3.63) is 25.3 Å². The van der Waals surface area contributed by atoms with Crippen LogP contribution in [0.5, 0.6) is 0 Å². The van der Waals surface area contributed by atoms with Crippen molar-refractivity contribution < 1.29 is 9.47 Å². The minimum atomic E-state index is 0.708. The van der Waals surface area contributed by atoms with Crippen molar-refractivity contribution in [2.45, 2.75) is 12.8 Å². The van der Waals surface area contributed by atoms with Crippen LogP contribution in [0.4, 0.5) is 0 Å². The van der Waals surface area contributed by atoms with Crippen LogP contribution in [-0.4, -0.2) is 49.4 Å². The standard InChI is InChI=1S/C14H26O2S2/c1-3-5-11-17-13-9-15-7-8-16-10-14-18-12-6-4-2/h3-4H,1-2,5-14H2. The van der Waals surface area contributed by atoms with Crippen molar-refractivity contribution in [1.29, 1.82) is 0 Å². The lowest BCUT2D eigenvalue weighted by Gasteiger charge is -2.05. The van der Waals surface area contributed by atoms with Crippen molar-refractivity contribution in [1.82, 2.24) is 0 Å². The maximum absolute atomic E-state index is 5.47. The van der Waals surface area contributed by atoms with Crippen molar-refractivity contribution >= 4 is 23.5 Å². The third-order valence-electron chi connectivity index (χ3n) is 2.05. The summed E-state index contributed by atoms with van der Waals surface area (Å²) in [4.78, 5) is 0. The quantitative estimate of drug-likeness (QED) is 0.338. The van der Waals surface area contributed by atoms with Gasteiger partial charge in [0.2, 0.25) is 0 Å². The maximum atomic E-state index is 5.47. The highest BCUT2D eigenvalue weighted by molar-refractivity contribution is 7.99. The Labute approximate surface area is 121 Å². The third-order valence-corrected chi connectivity index (χ3v) is 4.01. The summed E-state index contributed by atoms with van der Waals surface area (Å²) in [7, 11) is 0. The van der Waals surface area contributed by atoms with E-state index in [9.17, 15) is 0 Å². The molecule has 0 heterocycles. The third kappa shape index (κ3) is 16.1. The molecular weight excluding hydrogens is 264 g/mol. The van der Waals surface area contributed by atoms with Crippen molar-refractivity contribution in [3.8, 4) is 0 Å². The van der Waals surface area contributed by atoms with Crippen LogP contribution in [0.15, 0.2) is 25.3 Å². The normalized spacial score (nSPS) is 10.4. The van der Waals surface area contributed by atoms with E-state index in [1.54, 1.807) is 0 Å². The van der Waals surface area contributed by atoms with E-state index in [0.717, 1.165) is 49.1 Å². The van der Waals surface area contributed by atoms with Gasteiger partial charge in [-0.25, -0.2) is 0 Å². The molecule has 0 bridgehead atoms. The fraction of sp³-hybridized carbons (Fsp3) is 0.714. The Morgan fingerprint density at radius 2 is 1.11 bits per heavy atom. The Morgan fingerprint density at radius 3 is 1.50 bits per heavy atom. The first-order valence-electron chi connectivity index (χ1n) is 6.44. The molecule has 0 aliphatic carbocycles. The van der Waals surface area contributed by atoms with Gasteiger partial charge in [0.15, 0.2) is 0 Å². The van der Waals surface area contributed by atoms with Gasteiger partial charge in [-0.1, -0.05) is 12.2 Å². The van der Waals surface area contributed by atoms with E-state index in [0.29, 0.717) is 13.2 Å². The molecular formula is C14H26O2S2. The summed E-state index contributed by atoms with van der Waals surface area (Å²) >= 11 is 3.82. The number of hydrogen-bond donors (Lipinski definition) is 0. The Bertz CT molecular complexity index is 167. The van der Waals surface area contributed by atoms with Gasteiger partial charge in [-0.2, -0.15) is 23.5 Å². The first kappa shape index (κ1) is 18.1. The predicted octanol–water partition coefficient (Wildman–Crippen LogP) is 3.64. The van der Waals surface area contributed by atoms with Crippen LogP contribution in [0.25, 0.3) is 0 Å². The van der Waals surface area contributed by atoms with Gasteiger partial charge < -0.3 is 9.47 Å². The number of rotatable bonds is 15. The van der Waals surface area contributed by atoms with Crippen molar-refractivity contribution in [3.63, 3.8) is 0 Å². The molecule has 0 saturated heterocycles. The zero-order valence-electron chi connectivity index (χ0n) is 11.3. The molecule has 0 aliphatic heterocycles. The number of thioether (sulfide) groups is 2. The molecule has 0 aliphatic rings. The lowest BCUT2D eigenvalue weighted by Crippen LogP contribution is -2.08. The van der Waals surface area contributed by atoms with Crippen LogP contribution in [0, 0.1) is 0 Å². The number of allylic oxidation sites excluding steroid dienone is 2. The van der Waals surface area contributed by atoms with Crippen molar-refractivity contribution in [2.24, 2.45) is 0 Å². The first-order valence-corrected chi connectivity index (χ1v) is 8.75. The average molecular weight is 290 g/mol. The van der Waals surface area contributed by atoms with Gasteiger partial charge in [0, 0.05) is 11.5 Å². The van der Waals surface area contributed by atoms with E-state index >= 15 is 0 Å². The molecule has 0 aromatic carbocycles. The minimum absolute atomic E-state index is 0.708. The Morgan fingerprint density at radius 1 is 0.667 bits per heavy atom. The van der Waals surface area contributed by atoms with Gasteiger partial charge in [0.05, 0.1) is 26.4 Å². The van der Waals surface area contributed by atoms with E-state index in [-0.39, 0.29) is 0 Å². The smallest absolute Gasteiger partial charge is 0.0700 e. The molecule has 0 N–H and O–H groups in total. The Balaban J connectivity index is 2.90. The number of hydrogen-bond acceptors (Lipinski definition) is 4. The summed E-state index contributed by atoms with van der Waals surface area (Å²) in [5, 5.41) is 0. The fourth-order valence-electron chi connectivity index (χ4n) is 1.10. The molecule has 0 saturated carbocycles. The Hall–Kier alpha value is 0.1000. The molecule has 106 valence electrons. The largest absolute Gasteiger partial charge is 0.378 e. The summed E-state index contributed by atoms with van der Waals surface area (Å²) in [5.41, 5.74) is 0. The minimum Gasteiger partial charge on any atom is -0.378 e. The van der Waals surface area contributed by atoms with Crippen LogP contribution < -0.4 is 0 Å². The van der Waals surface area contributed by atoms with Gasteiger partial charge in [-0.15, -0.1) is 13.2 Å². The summed E-state index contributed by atoms with van der Waals surface area (Å²) in [6, 6.07) is 0. The summed E-state index contributed by atoms with van der Waals surface area (Å²) < 4.78 is 10.9. The second kappa shape index (κ2) is 17.1.